The number of aromatic nitrogens is 1. The van der Waals surface area contributed by atoms with Gasteiger partial charge in [-0.25, -0.2) is 0 Å². The van der Waals surface area contributed by atoms with Gasteiger partial charge in [0.25, 0.3) is 0 Å². The first-order valence-corrected chi connectivity index (χ1v) is 19.8. The average Bonchev–Trinajstić information content (AvgIpc) is 3.61. The Hall–Kier alpha value is -6.31. The van der Waals surface area contributed by atoms with Crippen molar-refractivity contribution < 1.29 is 0 Å². The van der Waals surface area contributed by atoms with Gasteiger partial charge < -0.3 is 0 Å². The van der Waals surface area contributed by atoms with Crippen LogP contribution in [0.25, 0.3) is 107 Å². The van der Waals surface area contributed by atoms with Crippen LogP contribution in [0.3, 0.4) is 0 Å². The third kappa shape index (κ3) is 4.67. The van der Waals surface area contributed by atoms with Gasteiger partial charge in [0, 0.05) is 0 Å². The molecule has 0 aliphatic rings. The molecule has 0 bridgehead atoms. The second-order valence-corrected chi connectivity index (χ2v) is 16.1. The molecule has 11 aromatic rings. The van der Waals surface area contributed by atoms with Gasteiger partial charge >= 0.3 is 315 Å². The molecule has 246 valence electrons. The van der Waals surface area contributed by atoms with E-state index < -0.39 is 0 Å². The van der Waals surface area contributed by atoms with E-state index in [0.29, 0.717) is 0 Å². The van der Waals surface area contributed by atoms with E-state index >= 15 is 0 Å². The van der Waals surface area contributed by atoms with Gasteiger partial charge in [0.15, 0.2) is 0 Å². The fourth-order valence-corrected chi connectivity index (χ4v) is 11.2. The van der Waals surface area contributed by atoms with Crippen molar-refractivity contribution in [1.29, 1.82) is 0 Å². The molecule has 11 rings (SSSR count). The van der Waals surface area contributed by atoms with Gasteiger partial charge in [-0.1, -0.05) is 0 Å². The van der Waals surface area contributed by atoms with Gasteiger partial charge in [0.2, 0.25) is 0 Å². The predicted octanol–water partition coefficient (Wildman–Crippen LogP) is 13.7. The number of rotatable bonds is 4. The summed E-state index contributed by atoms with van der Waals surface area (Å²) in [6, 6.07) is 65.1. The molecular formula is C51H31NSe. The van der Waals surface area contributed by atoms with Crippen LogP contribution in [0.2, 0.25) is 0 Å². The van der Waals surface area contributed by atoms with Gasteiger partial charge in [-0.05, 0) is 0 Å². The minimum atomic E-state index is 0.174. The fourth-order valence-electron chi connectivity index (χ4n) is 8.79. The predicted molar refractivity (Wildman–Crippen MR) is 228 cm³/mol. The third-order valence-electron chi connectivity index (χ3n) is 10.9. The van der Waals surface area contributed by atoms with Crippen LogP contribution in [0.5, 0.6) is 0 Å². The summed E-state index contributed by atoms with van der Waals surface area (Å²) in [5, 5.41) is 13.0. The van der Waals surface area contributed by atoms with Gasteiger partial charge in [-0.2, -0.15) is 0 Å². The Balaban J connectivity index is 1.18. The summed E-state index contributed by atoms with van der Waals surface area (Å²) in [6.07, 6.45) is 3.84. The first kappa shape index (κ1) is 30.3. The molecule has 1 nitrogen and oxygen atoms in total. The van der Waals surface area contributed by atoms with E-state index in [1.165, 1.54) is 101 Å². The standard InChI is InChI=1S/C51H31NSe/c1-2-14-32(15-3-1)47-35-17-4-6-19-37(35)48(38-20-7-5-18-36(38)47)33-27-28-43-46(30-33)53-45-26-12-25-44(51(43)45)50-41-23-10-8-21-39(41)49(34-16-13-29-52-31-34)40-22-9-11-24-42(40)50/h1-31H. The summed E-state index contributed by atoms with van der Waals surface area (Å²) in [5.41, 5.74) is 10.1. The van der Waals surface area contributed by atoms with Gasteiger partial charge in [0.1, 0.15) is 0 Å². The molecule has 0 radical (unpaired) electrons. The molecule has 0 fully saturated rings. The zero-order valence-electron chi connectivity index (χ0n) is 28.8. The third-order valence-corrected chi connectivity index (χ3v) is 13.3. The Morgan fingerprint density at radius 2 is 0.811 bits per heavy atom. The number of hydrogen-bond donors (Lipinski definition) is 0. The first-order chi connectivity index (χ1) is 26.3. The van der Waals surface area contributed by atoms with E-state index in [4.69, 9.17) is 0 Å². The van der Waals surface area contributed by atoms with Crippen molar-refractivity contribution >= 4 is 76.9 Å². The summed E-state index contributed by atoms with van der Waals surface area (Å²) in [5.74, 6) is 0. The fraction of sp³-hybridized carbons (Fsp3) is 0. The van der Waals surface area contributed by atoms with Gasteiger partial charge in [-0.15, -0.1) is 0 Å². The van der Waals surface area contributed by atoms with Crippen molar-refractivity contribution in [3.8, 4) is 44.5 Å². The average molecular weight is 737 g/mol. The molecule has 2 heterocycles. The Morgan fingerprint density at radius 1 is 0.321 bits per heavy atom. The van der Waals surface area contributed by atoms with E-state index in [1.807, 2.05) is 18.5 Å². The molecule has 0 N–H and O–H groups in total. The van der Waals surface area contributed by atoms with Crippen molar-refractivity contribution in [2.75, 3.05) is 0 Å². The zero-order chi connectivity index (χ0) is 34.9. The Labute approximate surface area is 313 Å². The Bertz CT molecular complexity index is 3100. The van der Waals surface area contributed by atoms with Crippen molar-refractivity contribution in [3.63, 3.8) is 0 Å². The number of pyridine rings is 1. The Morgan fingerprint density at radius 3 is 1.36 bits per heavy atom. The topological polar surface area (TPSA) is 12.9 Å². The maximum absolute atomic E-state index is 4.51. The number of fused-ring (bicyclic) bond motifs is 7. The first-order valence-electron chi connectivity index (χ1n) is 18.1. The molecule has 53 heavy (non-hydrogen) atoms. The number of hydrogen-bond acceptors (Lipinski definition) is 1. The molecule has 2 heteroatoms. The van der Waals surface area contributed by atoms with Crippen molar-refractivity contribution in [2.45, 2.75) is 0 Å². The van der Waals surface area contributed by atoms with Crippen LogP contribution in [0.15, 0.2) is 188 Å². The maximum atomic E-state index is 4.51. The van der Waals surface area contributed by atoms with Crippen molar-refractivity contribution in [1.82, 2.24) is 4.98 Å². The molecule has 0 amide bonds. The molecule has 0 unspecified atom stereocenters. The molecule has 0 atom stereocenters. The summed E-state index contributed by atoms with van der Waals surface area (Å²) < 4.78 is 2.89. The molecule has 0 aliphatic heterocycles. The van der Waals surface area contributed by atoms with Gasteiger partial charge in [-0.3, -0.25) is 0 Å². The normalized spacial score (nSPS) is 11.8. The summed E-state index contributed by atoms with van der Waals surface area (Å²) in [4.78, 5) is 4.51. The van der Waals surface area contributed by atoms with E-state index in [0.717, 1.165) is 5.56 Å². The van der Waals surface area contributed by atoms with E-state index in [1.54, 1.807) is 0 Å². The van der Waals surface area contributed by atoms with E-state index in [-0.39, 0.29) is 14.5 Å². The van der Waals surface area contributed by atoms with Crippen LogP contribution >= 0.6 is 0 Å². The molecular weight excluding hydrogens is 706 g/mol. The summed E-state index contributed by atoms with van der Waals surface area (Å²) in [7, 11) is 0. The molecule has 0 saturated heterocycles. The van der Waals surface area contributed by atoms with Crippen LogP contribution in [-0.4, -0.2) is 19.5 Å². The number of benzene rings is 9. The van der Waals surface area contributed by atoms with Gasteiger partial charge in [0.05, 0.1) is 0 Å². The van der Waals surface area contributed by atoms with Crippen molar-refractivity contribution in [3.05, 3.63) is 188 Å². The van der Waals surface area contributed by atoms with E-state index in [9.17, 15) is 0 Å². The molecule has 9 aromatic carbocycles. The van der Waals surface area contributed by atoms with Crippen LogP contribution in [0.1, 0.15) is 0 Å². The van der Waals surface area contributed by atoms with Crippen LogP contribution < -0.4 is 0 Å². The molecule has 2 aromatic heterocycles. The van der Waals surface area contributed by atoms with Crippen LogP contribution in [-0.2, 0) is 0 Å². The van der Waals surface area contributed by atoms with Crippen LogP contribution in [0.4, 0.5) is 0 Å². The molecule has 0 saturated carbocycles. The quantitative estimate of drug-likeness (QED) is 0.130. The summed E-state index contributed by atoms with van der Waals surface area (Å²) >= 11 is 0.174. The minimum absolute atomic E-state index is 0.174. The Kier molecular flexibility index (Phi) is 6.95. The number of nitrogens with zero attached hydrogens (tertiary/aromatic N) is 1. The molecule has 0 aliphatic carbocycles. The summed E-state index contributed by atoms with van der Waals surface area (Å²) in [6.45, 7) is 0. The second-order valence-electron chi connectivity index (χ2n) is 13.8. The van der Waals surface area contributed by atoms with E-state index in [2.05, 4.69) is 175 Å². The monoisotopic (exact) mass is 737 g/mol. The second kappa shape index (κ2) is 12.1. The van der Waals surface area contributed by atoms with Crippen LogP contribution in [0, 0.1) is 0 Å². The molecule has 0 spiro atoms. The SMILES string of the molecule is c1ccc(-c2c3ccccc3c(-c3ccc4c(c3)[se]c3cccc(-c5c6ccccc6c(-c6cccnc6)c6ccccc56)c34)c3ccccc23)cc1. The zero-order valence-corrected chi connectivity index (χ0v) is 30.5. The van der Waals surface area contributed by atoms with Crippen molar-refractivity contribution in [2.24, 2.45) is 0 Å².